The highest BCUT2D eigenvalue weighted by molar-refractivity contribution is 6.31. The Balaban J connectivity index is 0.00000312. The summed E-state index contributed by atoms with van der Waals surface area (Å²) in [5, 5.41) is 0.287. The fraction of sp³-hybridized carbons (Fsp3) is 0.278. The number of benzene rings is 2. The molecule has 0 unspecified atom stereocenters. The van der Waals surface area contributed by atoms with Gasteiger partial charge in [0.15, 0.2) is 0 Å². The predicted molar refractivity (Wildman–Crippen MR) is 101 cm³/mol. The first-order chi connectivity index (χ1) is 11.4. The van der Waals surface area contributed by atoms with Crippen LogP contribution in [0.25, 0.3) is 0 Å². The monoisotopic (exact) mass is 386 g/mol. The van der Waals surface area contributed by atoms with Crippen molar-refractivity contribution in [3.05, 3.63) is 63.9 Å². The Morgan fingerprint density at radius 1 is 1.28 bits per heavy atom. The molecule has 0 bridgehead atoms. The van der Waals surface area contributed by atoms with Crippen molar-refractivity contribution in [1.82, 2.24) is 4.90 Å². The molecular weight excluding hydrogens is 366 g/mol. The maximum atomic E-state index is 13.2. The Hall–Kier alpha value is -1.82. The zero-order valence-corrected chi connectivity index (χ0v) is 15.7. The topological polar surface area (TPSA) is 55.6 Å². The van der Waals surface area contributed by atoms with Crippen molar-refractivity contribution in [3.8, 4) is 0 Å². The average Bonchev–Trinajstić information content (AvgIpc) is 2.55. The second kappa shape index (κ2) is 9.61. The number of methoxy groups -OCH3 is 1. The van der Waals surface area contributed by atoms with Crippen LogP contribution in [-0.2, 0) is 11.3 Å². The van der Waals surface area contributed by atoms with E-state index in [4.69, 9.17) is 22.1 Å². The number of halogens is 3. The fourth-order valence-corrected chi connectivity index (χ4v) is 2.58. The minimum absolute atomic E-state index is 0. The Kier molecular flexibility index (Phi) is 8.16. The summed E-state index contributed by atoms with van der Waals surface area (Å²) in [4.78, 5) is 14.5. The van der Waals surface area contributed by atoms with E-state index >= 15 is 0 Å². The van der Waals surface area contributed by atoms with E-state index in [1.54, 1.807) is 30.2 Å². The molecule has 2 N–H and O–H groups in total. The van der Waals surface area contributed by atoms with E-state index < -0.39 is 5.82 Å². The SMILES string of the molecule is COCCN(Cc1ccc(F)cc1Cl)C(=O)c1cc(N)ccc1C.Cl. The Bertz CT molecular complexity index is 741. The standard InChI is InChI=1S/C18H20ClFN2O2.ClH/c1-12-3-6-15(21)10-16(12)18(23)22(7-8-24-2)11-13-4-5-14(20)9-17(13)19;/h3-6,9-10H,7-8,11,21H2,1-2H3;1H. The van der Waals surface area contributed by atoms with Gasteiger partial charge in [0.05, 0.1) is 6.61 Å². The third-order valence-electron chi connectivity index (χ3n) is 3.72. The number of aryl methyl sites for hydroxylation is 1. The van der Waals surface area contributed by atoms with Crippen molar-refractivity contribution in [2.75, 3.05) is 26.0 Å². The predicted octanol–water partition coefficient (Wildman–Crippen LogP) is 4.08. The molecule has 2 rings (SSSR count). The fourth-order valence-electron chi connectivity index (χ4n) is 2.35. The molecule has 0 heterocycles. The van der Waals surface area contributed by atoms with Crippen LogP contribution in [-0.4, -0.2) is 31.1 Å². The van der Waals surface area contributed by atoms with Crippen molar-refractivity contribution in [2.24, 2.45) is 0 Å². The molecule has 1 amide bonds. The number of hydrogen-bond acceptors (Lipinski definition) is 3. The van der Waals surface area contributed by atoms with Gasteiger partial charge in [-0.15, -0.1) is 12.4 Å². The minimum Gasteiger partial charge on any atom is -0.399 e. The van der Waals surface area contributed by atoms with E-state index in [-0.39, 0.29) is 29.9 Å². The third kappa shape index (κ3) is 5.59. The molecule has 25 heavy (non-hydrogen) atoms. The number of ether oxygens (including phenoxy) is 1. The van der Waals surface area contributed by atoms with Gasteiger partial charge in [0.2, 0.25) is 0 Å². The van der Waals surface area contributed by atoms with Crippen LogP contribution < -0.4 is 5.73 Å². The summed E-state index contributed by atoms with van der Waals surface area (Å²) in [7, 11) is 1.57. The molecule has 0 saturated heterocycles. The highest BCUT2D eigenvalue weighted by Gasteiger charge is 2.19. The van der Waals surface area contributed by atoms with Crippen molar-refractivity contribution >= 4 is 35.6 Å². The van der Waals surface area contributed by atoms with Gasteiger partial charge < -0.3 is 15.4 Å². The Morgan fingerprint density at radius 2 is 2.00 bits per heavy atom. The number of carbonyl (C=O) groups excluding carboxylic acids is 1. The molecule has 136 valence electrons. The van der Waals surface area contributed by atoms with Crippen LogP contribution in [0.2, 0.25) is 5.02 Å². The lowest BCUT2D eigenvalue weighted by Gasteiger charge is -2.24. The second-order valence-corrected chi connectivity index (χ2v) is 5.94. The summed E-state index contributed by atoms with van der Waals surface area (Å²) in [6, 6.07) is 9.36. The quantitative estimate of drug-likeness (QED) is 0.760. The van der Waals surface area contributed by atoms with E-state index in [1.807, 2.05) is 13.0 Å². The zero-order chi connectivity index (χ0) is 17.7. The highest BCUT2D eigenvalue weighted by Crippen LogP contribution is 2.21. The van der Waals surface area contributed by atoms with Gasteiger partial charge in [0.25, 0.3) is 5.91 Å². The lowest BCUT2D eigenvalue weighted by atomic mass is 10.1. The second-order valence-electron chi connectivity index (χ2n) is 5.53. The van der Waals surface area contributed by atoms with Gasteiger partial charge in [0, 0.05) is 36.5 Å². The number of rotatable bonds is 6. The van der Waals surface area contributed by atoms with Gasteiger partial charge in [0.1, 0.15) is 5.82 Å². The first kappa shape index (κ1) is 21.2. The number of amides is 1. The van der Waals surface area contributed by atoms with Crippen LogP contribution in [0.3, 0.4) is 0 Å². The molecule has 0 atom stereocenters. The van der Waals surface area contributed by atoms with Gasteiger partial charge >= 0.3 is 0 Å². The molecule has 0 radical (unpaired) electrons. The number of carbonyl (C=O) groups is 1. The van der Waals surface area contributed by atoms with Crippen molar-refractivity contribution in [2.45, 2.75) is 13.5 Å². The molecule has 4 nitrogen and oxygen atoms in total. The molecule has 0 aliphatic heterocycles. The number of nitrogen functional groups attached to an aromatic ring is 1. The normalized spacial score (nSPS) is 10.2. The smallest absolute Gasteiger partial charge is 0.254 e. The maximum Gasteiger partial charge on any atom is 0.254 e. The summed E-state index contributed by atoms with van der Waals surface area (Å²) in [6.45, 7) is 2.88. The Morgan fingerprint density at radius 3 is 2.64 bits per heavy atom. The van der Waals surface area contributed by atoms with Gasteiger partial charge in [-0.2, -0.15) is 0 Å². The van der Waals surface area contributed by atoms with Gasteiger partial charge in [-0.3, -0.25) is 4.79 Å². The number of nitrogens with two attached hydrogens (primary N) is 1. The molecule has 0 spiro atoms. The van der Waals surface area contributed by atoms with Gasteiger partial charge in [-0.25, -0.2) is 4.39 Å². The molecule has 0 saturated carbocycles. The van der Waals surface area contributed by atoms with Crippen LogP contribution in [0.15, 0.2) is 36.4 Å². The summed E-state index contributed by atoms with van der Waals surface area (Å²) in [6.07, 6.45) is 0. The van der Waals surface area contributed by atoms with Crippen molar-refractivity contribution in [1.29, 1.82) is 0 Å². The van der Waals surface area contributed by atoms with E-state index in [2.05, 4.69) is 0 Å². The van der Waals surface area contributed by atoms with Crippen molar-refractivity contribution in [3.63, 3.8) is 0 Å². The lowest BCUT2D eigenvalue weighted by Crippen LogP contribution is -2.34. The van der Waals surface area contributed by atoms with E-state index in [0.717, 1.165) is 5.56 Å². The summed E-state index contributed by atoms with van der Waals surface area (Å²) in [5.41, 5.74) is 8.36. The van der Waals surface area contributed by atoms with E-state index in [0.29, 0.717) is 30.0 Å². The molecule has 0 aliphatic carbocycles. The Labute approximate surface area is 158 Å². The van der Waals surface area contributed by atoms with E-state index in [9.17, 15) is 9.18 Å². The summed E-state index contributed by atoms with van der Waals surface area (Å²) >= 11 is 6.09. The largest absolute Gasteiger partial charge is 0.399 e. The average molecular weight is 387 g/mol. The summed E-state index contributed by atoms with van der Waals surface area (Å²) < 4.78 is 18.3. The molecule has 2 aromatic carbocycles. The van der Waals surface area contributed by atoms with Crippen LogP contribution in [0.4, 0.5) is 10.1 Å². The lowest BCUT2D eigenvalue weighted by molar-refractivity contribution is 0.0680. The minimum atomic E-state index is -0.412. The first-order valence-electron chi connectivity index (χ1n) is 7.50. The van der Waals surface area contributed by atoms with Gasteiger partial charge in [-0.1, -0.05) is 23.7 Å². The van der Waals surface area contributed by atoms with Crippen LogP contribution in [0.1, 0.15) is 21.5 Å². The van der Waals surface area contributed by atoms with E-state index in [1.165, 1.54) is 12.1 Å². The molecule has 0 fully saturated rings. The van der Waals surface area contributed by atoms with Crippen LogP contribution in [0.5, 0.6) is 0 Å². The van der Waals surface area contributed by atoms with Gasteiger partial charge in [-0.05, 0) is 42.3 Å². The molecular formula is C18H21Cl2FN2O2. The van der Waals surface area contributed by atoms with Crippen LogP contribution >= 0.6 is 24.0 Å². The number of nitrogens with zero attached hydrogens (tertiary/aromatic N) is 1. The van der Waals surface area contributed by atoms with Crippen LogP contribution in [0, 0.1) is 12.7 Å². The molecule has 2 aromatic rings. The number of anilines is 1. The molecule has 7 heteroatoms. The van der Waals surface area contributed by atoms with Crippen molar-refractivity contribution < 1.29 is 13.9 Å². The molecule has 0 aromatic heterocycles. The zero-order valence-electron chi connectivity index (χ0n) is 14.1. The maximum absolute atomic E-state index is 13.2. The third-order valence-corrected chi connectivity index (χ3v) is 4.07. The molecule has 0 aliphatic rings. The summed E-state index contributed by atoms with van der Waals surface area (Å²) in [5.74, 6) is -0.581. The first-order valence-corrected chi connectivity index (χ1v) is 7.88. The number of hydrogen-bond donors (Lipinski definition) is 1. The highest BCUT2D eigenvalue weighted by atomic mass is 35.5.